The predicted molar refractivity (Wildman–Crippen MR) is 110 cm³/mol. The number of hydrogen-bond donors (Lipinski definition) is 2. The zero-order chi connectivity index (χ0) is 20.4. The number of amides is 2. The number of aliphatic hydroxyl groups is 1. The molecule has 1 saturated carbocycles. The van der Waals surface area contributed by atoms with E-state index in [1.807, 2.05) is 35.4 Å². The van der Waals surface area contributed by atoms with Crippen LogP contribution in [0.3, 0.4) is 0 Å². The first-order chi connectivity index (χ1) is 14.1. The highest BCUT2D eigenvalue weighted by Gasteiger charge is 2.52. The average Bonchev–Trinajstić information content (AvgIpc) is 2.67. The van der Waals surface area contributed by atoms with E-state index in [9.17, 15) is 14.7 Å². The van der Waals surface area contributed by atoms with Crippen LogP contribution in [0.1, 0.15) is 37.7 Å². The van der Waals surface area contributed by atoms with Crippen molar-refractivity contribution < 1.29 is 14.7 Å². The third kappa shape index (κ3) is 3.77. The van der Waals surface area contributed by atoms with E-state index >= 15 is 0 Å². The number of carbonyl (C=O) groups excluding carboxylic acids is 2. The van der Waals surface area contributed by atoms with Gasteiger partial charge in [-0.15, -0.1) is 0 Å². The molecule has 0 spiro atoms. The highest BCUT2D eigenvalue weighted by Crippen LogP contribution is 2.43. The molecule has 1 aliphatic heterocycles. The van der Waals surface area contributed by atoms with Gasteiger partial charge in [-0.3, -0.25) is 14.6 Å². The molecule has 29 heavy (non-hydrogen) atoms. The quantitative estimate of drug-likeness (QED) is 0.789. The highest BCUT2D eigenvalue weighted by atomic mass is 16.3. The average molecular weight is 393 g/mol. The van der Waals surface area contributed by atoms with Crippen molar-refractivity contribution >= 4 is 11.8 Å². The van der Waals surface area contributed by atoms with Gasteiger partial charge in [0.1, 0.15) is 0 Å². The predicted octanol–water partition coefficient (Wildman–Crippen LogP) is 2.34. The van der Waals surface area contributed by atoms with Gasteiger partial charge in [0, 0.05) is 37.7 Å². The second-order valence-corrected chi connectivity index (χ2v) is 8.02. The molecule has 0 unspecified atom stereocenters. The minimum absolute atomic E-state index is 0.00109. The second kappa shape index (κ2) is 8.33. The molecule has 0 bridgehead atoms. The SMILES string of the molecule is CC(=O)NC[C@H]1[C@@H](c2ccc(-c3cccnc3)cc2)[C@@H](CO)N1C(=O)C1CCC1. The monoisotopic (exact) mass is 393 g/mol. The van der Waals surface area contributed by atoms with Crippen molar-refractivity contribution in [1.82, 2.24) is 15.2 Å². The molecule has 4 rings (SSSR count). The molecule has 2 heterocycles. The number of pyridine rings is 1. The number of nitrogens with one attached hydrogen (secondary N) is 1. The van der Waals surface area contributed by atoms with Crippen LogP contribution in [-0.4, -0.2) is 52.0 Å². The van der Waals surface area contributed by atoms with Crippen LogP contribution >= 0.6 is 0 Å². The van der Waals surface area contributed by atoms with Gasteiger partial charge in [0.05, 0.1) is 18.7 Å². The van der Waals surface area contributed by atoms with E-state index < -0.39 is 0 Å². The Balaban J connectivity index is 1.57. The van der Waals surface area contributed by atoms with Crippen LogP contribution in [0, 0.1) is 5.92 Å². The number of aliphatic hydroxyl groups excluding tert-OH is 1. The maximum Gasteiger partial charge on any atom is 0.226 e. The van der Waals surface area contributed by atoms with E-state index in [2.05, 4.69) is 22.4 Å². The lowest BCUT2D eigenvalue weighted by Gasteiger charge is -2.56. The van der Waals surface area contributed by atoms with Gasteiger partial charge in [0.15, 0.2) is 0 Å². The van der Waals surface area contributed by atoms with Gasteiger partial charge in [-0.05, 0) is 35.6 Å². The lowest BCUT2D eigenvalue weighted by atomic mass is 9.72. The number of aromatic nitrogens is 1. The summed E-state index contributed by atoms with van der Waals surface area (Å²) < 4.78 is 0. The fourth-order valence-corrected chi connectivity index (χ4v) is 4.49. The first kappa shape index (κ1) is 19.6. The standard InChI is InChI=1S/C23H27N3O3/c1-15(28)25-13-20-22(21(14-27)26(20)23(29)18-4-2-5-18)17-9-7-16(8-10-17)19-6-3-11-24-12-19/h3,6-12,18,20-22,27H,2,4-5,13-14H2,1H3,(H,25,28)/t20-,21+,22+/m0/s1. The van der Waals surface area contributed by atoms with Gasteiger partial charge < -0.3 is 15.3 Å². The Kier molecular flexibility index (Phi) is 5.62. The molecular weight excluding hydrogens is 366 g/mol. The van der Waals surface area contributed by atoms with Gasteiger partial charge in [-0.1, -0.05) is 36.8 Å². The van der Waals surface area contributed by atoms with Crippen molar-refractivity contribution in [2.75, 3.05) is 13.2 Å². The minimum Gasteiger partial charge on any atom is -0.394 e. The Labute approximate surface area is 171 Å². The Hall–Kier alpha value is -2.73. The van der Waals surface area contributed by atoms with E-state index in [1.54, 1.807) is 6.20 Å². The third-order valence-electron chi connectivity index (χ3n) is 6.29. The maximum absolute atomic E-state index is 12.9. The fourth-order valence-electron chi connectivity index (χ4n) is 4.49. The van der Waals surface area contributed by atoms with Crippen LogP contribution in [0.4, 0.5) is 0 Å². The lowest BCUT2D eigenvalue weighted by Crippen LogP contribution is -2.69. The zero-order valence-corrected chi connectivity index (χ0v) is 16.6. The van der Waals surface area contributed by atoms with Gasteiger partial charge in [-0.25, -0.2) is 0 Å². The number of likely N-dealkylation sites (tertiary alicyclic amines) is 1. The van der Waals surface area contributed by atoms with Crippen molar-refractivity contribution in [3.63, 3.8) is 0 Å². The fraction of sp³-hybridized carbons (Fsp3) is 0.435. The van der Waals surface area contributed by atoms with Crippen LogP contribution in [0.5, 0.6) is 0 Å². The van der Waals surface area contributed by atoms with Crippen molar-refractivity contribution in [3.05, 3.63) is 54.4 Å². The number of rotatable bonds is 6. The Morgan fingerprint density at radius 1 is 1.14 bits per heavy atom. The highest BCUT2D eigenvalue weighted by molar-refractivity contribution is 5.82. The topological polar surface area (TPSA) is 82.5 Å². The van der Waals surface area contributed by atoms with Crippen molar-refractivity contribution in [2.24, 2.45) is 5.92 Å². The normalized spacial score (nSPS) is 23.8. The van der Waals surface area contributed by atoms with E-state index in [-0.39, 0.29) is 42.3 Å². The molecule has 0 radical (unpaired) electrons. The second-order valence-electron chi connectivity index (χ2n) is 8.02. The Morgan fingerprint density at radius 3 is 2.45 bits per heavy atom. The maximum atomic E-state index is 12.9. The van der Waals surface area contributed by atoms with Gasteiger partial charge >= 0.3 is 0 Å². The van der Waals surface area contributed by atoms with Gasteiger partial charge in [0.2, 0.25) is 11.8 Å². The molecule has 1 aromatic carbocycles. The zero-order valence-electron chi connectivity index (χ0n) is 16.6. The van der Waals surface area contributed by atoms with Crippen LogP contribution in [0.25, 0.3) is 11.1 Å². The summed E-state index contributed by atoms with van der Waals surface area (Å²) in [5.41, 5.74) is 3.19. The molecule has 1 aliphatic carbocycles. The van der Waals surface area contributed by atoms with Gasteiger partial charge in [-0.2, -0.15) is 0 Å². The van der Waals surface area contributed by atoms with Crippen LogP contribution in [0.15, 0.2) is 48.8 Å². The number of benzene rings is 1. The molecule has 6 nitrogen and oxygen atoms in total. The number of carbonyl (C=O) groups is 2. The summed E-state index contributed by atoms with van der Waals surface area (Å²) in [6, 6.07) is 11.8. The lowest BCUT2D eigenvalue weighted by molar-refractivity contribution is -0.158. The smallest absolute Gasteiger partial charge is 0.226 e. The Bertz CT molecular complexity index is 865. The summed E-state index contributed by atoms with van der Waals surface area (Å²) in [4.78, 5) is 30.4. The van der Waals surface area contributed by atoms with Crippen molar-refractivity contribution in [2.45, 2.75) is 44.2 Å². The molecule has 2 aliphatic rings. The van der Waals surface area contributed by atoms with Crippen molar-refractivity contribution in [1.29, 1.82) is 0 Å². The van der Waals surface area contributed by atoms with E-state index in [1.165, 1.54) is 6.92 Å². The summed E-state index contributed by atoms with van der Waals surface area (Å²) in [7, 11) is 0. The molecule has 1 aromatic heterocycles. The van der Waals surface area contributed by atoms with Crippen molar-refractivity contribution in [3.8, 4) is 11.1 Å². The summed E-state index contributed by atoms with van der Waals surface area (Å²) in [5, 5.41) is 12.9. The van der Waals surface area contributed by atoms with Crippen LogP contribution in [-0.2, 0) is 9.59 Å². The molecular formula is C23H27N3O3. The molecule has 2 N–H and O–H groups in total. The van der Waals surface area contributed by atoms with Crippen LogP contribution in [0.2, 0.25) is 0 Å². The Morgan fingerprint density at radius 2 is 1.90 bits per heavy atom. The van der Waals surface area contributed by atoms with E-state index in [4.69, 9.17) is 0 Å². The van der Waals surface area contributed by atoms with E-state index in [0.717, 1.165) is 36.0 Å². The van der Waals surface area contributed by atoms with E-state index in [0.29, 0.717) is 6.54 Å². The molecule has 6 heteroatoms. The molecule has 3 atom stereocenters. The molecule has 2 aromatic rings. The number of nitrogens with zero attached hydrogens (tertiary/aromatic N) is 2. The third-order valence-corrected chi connectivity index (χ3v) is 6.29. The molecule has 2 amide bonds. The summed E-state index contributed by atoms with van der Waals surface area (Å²) >= 11 is 0. The largest absolute Gasteiger partial charge is 0.394 e. The molecule has 2 fully saturated rings. The number of hydrogen-bond acceptors (Lipinski definition) is 4. The van der Waals surface area contributed by atoms with Gasteiger partial charge in [0.25, 0.3) is 0 Å². The summed E-state index contributed by atoms with van der Waals surface area (Å²) in [6.45, 7) is 1.81. The van der Waals surface area contributed by atoms with Crippen LogP contribution < -0.4 is 5.32 Å². The minimum atomic E-state index is -0.244. The first-order valence-corrected chi connectivity index (χ1v) is 10.3. The first-order valence-electron chi connectivity index (χ1n) is 10.3. The summed E-state index contributed by atoms with van der Waals surface area (Å²) in [5.74, 6) is 0.0738. The molecule has 1 saturated heterocycles. The summed E-state index contributed by atoms with van der Waals surface area (Å²) in [6.07, 6.45) is 6.51. The molecule has 152 valence electrons.